The highest BCUT2D eigenvalue weighted by Gasteiger charge is 2.09. The van der Waals surface area contributed by atoms with Gasteiger partial charge in [-0.1, -0.05) is 12.1 Å². The topological polar surface area (TPSA) is 93.8 Å². The lowest BCUT2D eigenvalue weighted by atomic mass is 10.1. The average Bonchev–Trinajstić information content (AvgIpc) is 3.03. The Labute approximate surface area is 140 Å². The van der Waals surface area contributed by atoms with E-state index in [9.17, 15) is 10.1 Å². The van der Waals surface area contributed by atoms with Gasteiger partial charge < -0.3 is 5.32 Å². The first kappa shape index (κ1) is 15.3. The summed E-state index contributed by atoms with van der Waals surface area (Å²) in [6, 6.07) is 9.74. The maximum Gasteiger partial charge on any atom is 0.270 e. The lowest BCUT2D eigenvalue weighted by Crippen LogP contribution is -1.96. The molecule has 0 atom stereocenters. The third kappa shape index (κ3) is 3.61. The minimum atomic E-state index is -0.441. The van der Waals surface area contributed by atoms with Crippen molar-refractivity contribution < 1.29 is 4.92 Å². The van der Waals surface area contributed by atoms with Gasteiger partial charge in [-0.3, -0.25) is 10.1 Å². The van der Waals surface area contributed by atoms with E-state index < -0.39 is 4.92 Å². The number of aromatic nitrogens is 3. The number of hydrogen-bond donors (Lipinski definition) is 1. The van der Waals surface area contributed by atoms with Gasteiger partial charge >= 0.3 is 0 Å². The third-order valence-electron chi connectivity index (χ3n) is 2.94. The van der Waals surface area contributed by atoms with Crippen molar-refractivity contribution in [2.24, 2.45) is 0 Å². The average molecular weight is 348 g/mol. The molecular weight excluding hydrogens is 338 g/mol. The Morgan fingerprint density at radius 2 is 2.13 bits per heavy atom. The zero-order valence-corrected chi connectivity index (χ0v) is 13.2. The van der Waals surface area contributed by atoms with Crippen LogP contribution in [0.2, 0.25) is 0 Å². The summed E-state index contributed by atoms with van der Waals surface area (Å²) in [6.07, 6.45) is 0. The van der Waals surface area contributed by atoms with Crippen molar-refractivity contribution in [2.75, 3.05) is 5.32 Å². The number of rotatable bonds is 5. The van der Waals surface area contributed by atoms with Crippen LogP contribution in [0.1, 0.15) is 5.69 Å². The van der Waals surface area contributed by atoms with E-state index >= 15 is 0 Å². The Kier molecular flexibility index (Phi) is 4.45. The van der Waals surface area contributed by atoms with Crippen LogP contribution in [0, 0.1) is 10.1 Å². The number of benzene rings is 1. The van der Waals surface area contributed by atoms with Gasteiger partial charge in [-0.05, 0) is 12.1 Å². The molecule has 0 fully saturated rings. The number of alkyl halides is 1. The minimum absolute atomic E-state index is 0.0166. The molecule has 9 heteroatoms. The van der Waals surface area contributed by atoms with E-state index in [1.54, 1.807) is 24.3 Å². The molecule has 23 heavy (non-hydrogen) atoms. The van der Waals surface area contributed by atoms with Gasteiger partial charge in [0.05, 0.1) is 22.2 Å². The Balaban J connectivity index is 1.79. The first-order chi connectivity index (χ1) is 11.2. The molecule has 0 saturated heterocycles. The fourth-order valence-electron chi connectivity index (χ4n) is 1.87. The summed E-state index contributed by atoms with van der Waals surface area (Å²) in [5.74, 6) is 0.893. The second kappa shape index (κ2) is 6.67. The van der Waals surface area contributed by atoms with E-state index in [1.165, 1.54) is 23.5 Å². The number of nitrogens with one attached hydrogen (secondary N) is 1. The number of hydrogen-bond acceptors (Lipinski definition) is 7. The van der Waals surface area contributed by atoms with Gasteiger partial charge in [0.1, 0.15) is 0 Å². The number of nitrogens with zero attached hydrogens (tertiary/aromatic N) is 4. The molecular formula is C14H10ClN5O2S. The number of anilines is 2. The number of nitro groups is 1. The van der Waals surface area contributed by atoms with Crippen molar-refractivity contribution in [3.8, 4) is 11.3 Å². The Morgan fingerprint density at radius 1 is 1.26 bits per heavy atom. The molecule has 0 aliphatic carbocycles. The highest BCUT2D eigenvalue weighted by Crippen LogP contribution is 2.24. The second-order valence-corrected chi connectivity index (χ2v) is 5.64. The predicted octanol–water partition coefficient (Wildman–Crippen LogP) is 3.99. The SMILES string of the molecule is O=[N+]([O-])c1cccc(-c2ccc(Nc3nc(CCl)cs3)nn2)c1. The van der Waals surface area contributed by atoms with Crippen LogP contribution in [-0.2, 0) is 5.88 Å². The minimum Gasteiger partial charge on any atom is -0.315 e. The first-order valence-corrected chi connectivity index (χ1v) is 7.93. The lowest BCUT2D eigenvalue weighted by Gasteiger charge is -2.03. The largest absolute Gasteiger partial charge is 0.315 e. The standard InChI is InChI=1S/C14H10ClN5O2S/c15-7-10-8-23-14(16-10)17-13-5-4-12(18-19-13)9-2-1-3-11(6-9)20(21)22/h1-6,8H,7H2,(H,16,17,19). The molecule has 3 aromatic rings. The molecule has 0 unspecified atom stereocenters. The molecule has 0 spiro atoms. The smallest absolute Gasteiger partial charge is 0.270 e. The van der Waals surface area contributed by atoms with Gasteiger partial charge in [-0.25, -0.2) is 4.98 Å². The summed E-state index contributed by atoms with van der Waals surface area (Å²) < 4.78 is 0. The van der Waals surface area contributed by atoms with Gasteiger partial charge in [-0.15, -0.1) is 33.1 Å². The Morgan fingerprint density at radius 3 is 2.78 bits per heavy atom. The fourth-order valence-corrected chi connectivity index (χ4v) is 2.81. The number of thiazole rings is 1. The van der Waals surface area contributed by atoms with Crippen LogP contribution in [0.3, 0.4) is 0 Å². The maximum atomic E-state index is 10.8. The summed E-state index contributed by atoms with van der Waals surface area (Å²) in [7, 11) is 0. The van der Waals surface area contributed by atoms with Crippen molar-refractivity contribution in [2.45, 2.75) is 5.88 Å². The normalized spacial score (nSPS) is 10.5. The van der Waals surface area contributed by atoms with Crippen molar-refractivity contribution in [3.05, 3.63) is 57.6 Å². The zero-order chi connectivity index (χ0) is 16.2. The summed E-state index contributed by atoms with van der Waals surface area (Å²) in [6.45, 7) is 0. The highest BCUT2D eigenvalue weighted by molar-refractivity contribution is 7.13. The molecule has 7 nitrogen and oxygen atoms in total. The fraction of sp³-hybridized carbons (Fsp3) is 0.0714. The van der Waals surface area contributed by atoms with Crippen LogP contribution in [0.15, 0.2) is 41.8 Å². The number of halogens is 1. The summed E-state index contributed by atoms with van der Waals surface area (Å²) in [5.41, 5.74) is 2.00. The molecule has 1 N–H and O–H groups in total. The van der Waals surface area contributed by atoms with Crippen molar-refractivity contribution in [1.82, 2.24) is 15.2 Å². The van der Waals surface area contributed by atoms with Gasteiger partial charge in [-0.2, -0.15) is 0 Å². The highest BCUT2D eigenvalue weighted by atomic mass is 35.5. The van der Waals surface area contributed by atoms with Crippen LogP contribution in [-0.4, -0.2) is 20.1 Å². The molecule has 0 amide bonds. The molecule has 0 radical (unpaired) electrons. The van der Waals surface area contributed by atoms with Crippen LogP contribution in [0.4, 0.5) is 16.6 Å². The summed E-state index contributed by atoms with van der Waals surface area (Å²) in [4.78, 5) is 14.6. The van der Waals surface area contributed by atoms with Gasteiger partial charge in [0.2, 0.25) is 0 Å². The molecule has 0 saturated carbocycles. The van der Waals surface area contributed by atoms with Gasteiger partial charge in [0, 0.05) is 23.1 Å². The Hall–Kier alpha value is -2.58. The molecule has 0 bridgehead atoms. The first-order valence-electron chi connectivity index (χ1n) is 6.51. The Bertz CT molecular complexity index is 837. The van der Waals surface area contributed by atoms with E-state index in [0.717, 1.165) is 5.69 Å². The quantitative estimate of drug-likeness (QED) is 0.426. The van der Waals surface area contributed by atoms with Crippen molar-refractivity contribution in [3.63, 3.8) is 0 Å². The van der Waals surface area contributed by atoms with E-state index in [1.807, 2.05) is 5.38 Å². The predicted molar refractivity (Wildman–Crippen MR) is 89.1 cm³/mol. The van der Waals surface area contributed by atoms with Gasteiger partial charge in [0.15, 0.2) is 10.9 Å². The third-order valence-corrected chi connectivity index (χ3v) is 4.02. The molecule has 0 aliphatic heterocycles. The van der Waals surface area contributed by atoms with Crippen LogP contribution >= 0.6 is 22.9 Å². The lowest BCUT2D eigenvalue weighted by molar-refractivity contribution is -0.384. The second-order valence-electron chi connectivity index (χ2n) is 4.51. The molecule has 116 valence electrons. The zero-order valence-electron chi connectivity index (χ0n) is 11.6. The molecule has 1 aromatic carbocycles. The summed E-state index contributed by atoms with van der Waals surface area (Å²) in [5, 5.41) is 24.5. The van der Waals surface area contributed by atoms with E-state index in [4.69, 9.17) is 11.6 Å². The van der Waals surface area contributed by atoms with Crippen molar-refractivity contribution in [1.29, 1.82) is 0 Å². The van der Waals surface area contributed by atoms with Crippen LogP contribution < -0.4 is 5.32 Å². The van der Waals surface area contributed by atoms with E-state index in [2.05, 4.69) is 20.5 Å². The maximum absolute atomic E-state index is 10.8. The van der Waals surface area contributed by atoms with E-state index in [-0.39, 0.29) is 5.69 Å². The molecule has 2 heterocycles. The molecule has 2 aromatic heterocycles. The van der Waals surface area contributed by atoms with Crippen LogP contribution in [0.25, 0.3) is 11.3 Å². The summed E-state index contributed by atoms with van der Waals surface area (Å²) >= 11 is 7.13. The number of nitro benzene ring substituents is 1. The van der Waals surface area contributed by atoms with Crippen molar-refractivity contribution >= 4 is 39.6 Å². The number of non-ortho nitro benzene ring substituents is 1. The van der Waals surface area contributed by atoms with Crippen LogP contribution in [0.5, 0.6) is 0 Å². The molecule has 0 aliphatic rings. The van der Waals surface area contributed by atoms with E-state index in [0.29, 0.717) is 28.1 Å². The van der Waals surface area contributed by atoms with Gasteiger partial charge in [0.25, 0.3) is 5.69 Å². The molecule has 3 rings (SSSR count). The monoisotopic (exact) mass is 347 g/mol.